The van der Waals surface area contributed by atoms with E-state index in [4.69, 9.17) is 5.73 Å². The number of primary amides is 1. The molecule has 0 spiro atoms. The number of halogens is 1. The van der Waals surface area contributed by atoms with Gasteiger partial charge in [-0.1, -0.05) is 6.07 Å². The molecule has 0 saturated carbocycles. The van der Waals surface area contributed by atoms with Crippen molar-refractivity contribution in [1.82, 2.24) is 25.0 Å². The number of nitrogens with zero attached hydrogens (tertiary/aromatic N) is 4. The van der Waals surface area contributed by atoms with E-state index in [9.17, 15) is 9.18 Å². The van der Waals surface area contributed by atoms with Gasteiger partial charge in [-0.25, -0.2) is 4.39 Å². The van der Waals surface area contributed by atoms with E-state index >= 15 is 0 Å². The number of nitrogens with one attached hydrogen (secondary N) is 1. The minimum absolute atomic E-state index is 0.186. The maximum Gasteiger partial charge on any atom is 0.217 e. The SMILES string of the molecule is Cc1cc(CCC(N)=O)cc(F)c1-c1cc2c(-c3cnn(C)c3)n[nH]c2cn1. The van der Waals surface area contributed by atoms with Gasteiger partial charge in [0.05, 0.1) is 23.6 Å². The zero-order valence-corrected chi connectivity index (χ0v) is 15.5. The third kappa shape index (κ3) is 3.24. The maximum atomic E-state index is 14.9. The summed E-state index contributed by atoms with van der Waals surface area (Å²) >= 11 is 0. The van der Waals surface area contributed by atoms with Gasteiger partial charge in [0.1, 0.15) is 11.5 Å². The number of benzene rings is 1. The standard InChI is InChI=1S/C20H19FN6O/c1-11-5-12(3-4-18(22)28)6-15(21)19(11)16-7-14-17(9-23-16)25-26-20(14)13-8-24-27(2)10-13/h5-10H,3-4H2,1-2H3,(H2,22,28)(H,25,26). The predicted molar refractivity (Wildman–Crippen MR) is 104 cm³/mol. The van der Waals surface area contributed by atoms with E-state index in [1.54, 1.807) is 17.1 Å². The number of H-pyrrole nitrogens is 1. The van der Waals surface area contributed by atoms with Crippen LogP contribution in [0.1, 0.15) is 17.5 Å². The second kappa shape index (κ2) is 6.88. The van der Waals surface area contributed by atoms with E-state index in [1.807, 2.05) is 32.3 Å². The van der Waals surface area contributed by atoms with Crippen molar-refractivity contribution in [2.45, 2.75) is 19.8 Å². The molecule has 7 nitrogen and oxygen atoms in total. The summed E-state index contributed by atoms with van der Waals surface area (Å²) in [6, 6.07) is 5.13. The van der Waals surface area contributed by atoms with Crippen LogP contribution in [-0.2, 0) is 18.3 Å². The van der Waals surface area contributed by atoms with Crippen molar-refractivity contribution >= 4 is 16.8 Å². The predicted octanol–water partition coefficient (Wildman–Crippen LogP) is 2.89. The lowest BCUT2D eigenvalue weighted by Crippen LogP contribution is -2.11. The van der Waals surface area contributed by atoms with E-state index in [1.165, 1.54) is 6.07 Å². The monoisotopic (exact) mass is 378 g/mol. The van der Waals surface area contributed by atoms with Crippen LogP contribution in [0.15, 0.2) is 36.8 Å². The van der Waals surface area contributed by atoms with Gasteiger partial charge < -0.3 is 5.73 Å². The first kappa shape index (κ1) is 17.8. The van der Waals surface area contributed by atoms with E-state index in [0.717, 1.165) is 33.3 Å². The molecule has 0 atom stereocenters. The largest absolute Gasteiger partial charge is 0.370 e. The van der Waals surface area contributed by atoms with Crippen LogP contribution in [-0.4, -0.2) is 30.9 Å². The number of pyridine rings is 1. The summed E-state index contributed by atoms with van der Waals surface area (Å²) in [4.78, 5) is 15.4. The zero-order valence-electron chi connectivity index (χ0n) is 15.5. The molecule has 4 rings (SSSR count). The molecule has 0 radical (unpaired) electrons. The molecule has 3 heterocycles. The lowest BCUT2D eigenvalue weighted by molar-refractivity contribution is -0.117. The Kier molecular flexibility index (Phi) is 4.38. The summed E-state index contributed by atoms with van der Waals surface area (Å²) in [7, 11) is 1.84. The number of hydrogen-bond acceptors (Lipinski definition) is 4. The summed E-state index contributed by atoms with van der Waals surface area (Å²) in [5, 5.41) is 12.3. The minimum Gasteiger partial charge on any atom is -0.370 e. The van der Waals surface area contributed by atoms with E-state index in [-0.39, 0.29) is 12.2 Å². The molecule has 0 aliphatic rings. The Morgan fingerprint density at radius 2 is 2.11 bits per heavy atom. The Morgan fingerprint density at radius 1 is 1.29 bits per heavy atom. The lowest BCUT2D eigenvalue weighted by atomic mass is 9.98. The van der Waals surface area contributed by atoms with Crippen LogP contribution in [0.3, 0.4) is 0 Å². The van der Waals surface area contributed by atoms with Gasteiger partial charge in [0.25, 0.3) is 0 Å². The number of carbonyl (C=O) groups excluding carboxylic acids is 1. The Morgan fingerprint density at radius 3 is 2.79 bits per heavy atom. The first-order valence-corrected chi connectivity index (χ1v) is 8.83. The third-order valence-corrected chi connectivity index (χ3v) is 4.69. The van der Waals surface area contributed by atoms with Crippen LogP contribution in [0.25, 0.3) is 33.4 Å². The number of aromatic amines is 1. The van der Waals surface area contributed by atoms with Crippen LogP contribution in [0.5, 0.6) is 0 Å². The Labute approximate surface area is 160 Å². The van der Waals surface area contributed by atoms with Gasteiger partial charge in [-0.15, -0.1) is 0 Å². The Hall–Kier alpha value is -3.55. The molecule has 3 aromatic heterocycles. The summed E-state index contributed by atoms with van der Waals surface area (Å²) in [5.74, 6) is -0.783. The third-order valence-electron chi connectivity index (χ3n) is 4.69. The molecule has 0 saturated heterocycles. The first-order valence-electron chi connectivity index (χ1n) is 8.83. The highest BCUT2D eigenvalue weighted by atomic mass is 19.1. The van der Waals surface area contributed by atoms with E-state index in [2.05, 4.69) is 20.3 Å². The van der Waals surface area contributed by atoms with Gasteiger partial charge in [0, 0.05) is 36.2 Å². The van der Waals surface area contributed by atoms with Gasteiger partial charge in [-0.3, -0.25) is 19.6 Å². The molecule has 0 bridgehead atoms. The second-order valence-corrected chi connectivity index (χ2v) is 6.83. The van der Waals surface area contributed by atoms with Gasteiger partial charge >= 0.3 is 0 Å². The fraction of sp³-hybridized carbons (Fsp3) is 0.200. The number of hydrogen-bond donors (Lipinski definition) is 2. The van der Waals surface area contributed by atoms with Gasteiger partial charge in [0.2, 0.25) is 5.91 Å². The molecular weight excluding hydrogens is 359 g/mol. The fourth-order valence-corrected chi connectivity index (χ4v) is 3.37. The van der Waals surface area contributed by atoms with Crippen molar-refractivity contribution in [3.05, 3.63) is 53.7 Å². The highest BCUT2D eigenvalue weighted by Gasteiger charge is 2.16. The van der Waals surface area contributed by atoms with Crippen LogP contribution < -0.4 is 5.73 Å². The molecule has 3 N–H and O–H groups in total. The van der Waals surface area contributed by atoms with Crippen molar-refractivity contribution in [3.63, 3.8) is 0 Å². The number of rotatable bonds is 5. The number of carbonyl (C=O) groups is 1. The minimum atomic E-state index is -0.405. The normalized spacial score (nSPS) is 11.2. The molecule has 0 aliphatic carbocycles. The molecule has 1 aromatic carbocycles. The number of aryl methyl sites for hydroxylation is 3. The smallest absolute Gasteiger partial charge is 0.217 e. The average molecular weight is 378 g/mol. The summed E-state index contributed by atoms with van der Waals surface area (Å²) in [6.45, 7) is 1.83. The van der Waals surface area contributed by atoms with Crippen LogP contribution in [0.4, 0.5) is 4.39 Å². The second-order valence-electron chi connectivity index (χ2n) is 6.83. The fourth-order valence-electron chi connectivity index (χ4n) is 3.37. The maximum absolute atomic E-state index is 14.9. The molecule has 0 fully saturated rings. The van der Waals surface area contributed by atoms with E-state index in [0.29, 0.717) is 17.7 Å². The summed E-state index contributed by atoms with van der Waals surface area (Å²) < 4.78 is 16.6. The lowest BCUT2D eigenvalue weighted by Gasteiger charge is -2.10. The average Bonchev–Trinajstić information content (AvgIpc) is 3.25. The van der Waals surface area contributed by atoms with Crippen LogP contribution in [0, 0.1) is 12.7 Å². The zero-order chi connectivity index (χ0) is 19.8. The number of amides is 1. The number of fused-ring (bicyclic) bond motifs is 1. The van der Waals surface area contributed by atoms with Crippen molar-refractivity contribution in [2.75, 3.05) is 0 Å². The quantitative estimate of drug-likeness (QED) is 0.557. The number of nitrogens with two attached hydrogens (primary N) is 1. The molecular formula is C20H19FN6O. The highest BCUT2D eigenvalue weighted by Crippen LogP contribution is 2.32. The molecule has 28 heavy (non-hydrogen) atoms. The van der Waals surface area contributed by atoms with Gasteiger partial charge in [0.15, 0.2) is 0 Å². The van der Waals surface area contributed by atoms with E-state index < -0.39 is 5.91 Å². The number of aromatic nitrogens is 5. The summed E-state index contributed by atoms with van der Waals surface area (Å²) in [5.41, 5.74) is 9.99. The van der Waals surface area contributed by atoms with Crippen molar-refractivity contribution in [2.24, 2.45) is 12.8 Å². The summed E-state index contributed by atoms with van der Waals surface area (Å²) in [6.07, 6.45) is 5.85. The van der Waals surface area contributed by atoms with Crippen LogP contribution in [0.2, 0.25) is 0 Å². The first-order chi connectivity index (χ1) is 13.4. The topological polar surface area (TPSA) is 102 Å². The van der Waals surface area contributed by atoms with Crippen molar-refractivity contribution in [1.29, 1.82) is 0 Å². The molecule has 4 aromatic rings. The molecule has 0 aliphatic heterocycles. The Balaban J connectivity index is 1.78. The van der Waals surface area contributed by atoms with Crippen molar-refractivity contribution in [3.8, 4) is 22.5 Å². The molecule has 1 amide bonds. The van der Waals surface area contributed by atoms with Crippen LogP contribution >= 0.6 is 0 Å². The Bertz CT molecular complexity index is 1170. The van der Waals surface area contributed by atoms with Gasteiger partial charge in [-0.05, 0) is 36.6 Å². The molecule has 0 unspecified atom stereocenters. The van der Waals surface area contributed by atoms with Crippen molar-refractivity contribution < 1.29 is 9.18 Å². The molecule has 142 valence electrons. The highest BCUT2D eigenvalue weighted by molar-refractivity contribution is 5.94. The van der Waals surface area contributed by atoms with Gasteiger partial charge in [-0.2, -0.15) is 10.2 Å². The molecule has 8 heteroatoms.